The Balaban J connectivity index is 1.12. The molecule has 4 aromatic rings. The van der Waals surface area contributed by atoms with E-state index in [1.807, 2.05) is 36.4 Å². The number of rotatable bonds is 7. The first-order valence-corrected chi connectivity index (χ1v) is 13.8. The topological polar surface area (TPSA) is 134 Å². The fraction of sp³-hybridized carbons (Fsp3) is 0.423. The average molecular weight is 533 g/mol. The number of benzene rings is 1. The molecule has 1 saturated carbocycles. The van der Waals surface area contributed by atoms with Crippen LogP contribution in [-0.2, 0) is 4.74 Å². The van der Waals surface area contributed by atoms with E-state index in [1.54, 1.807) is 6.20 Å². The van der Waals surface area contributed by atoms with Crippen LogP contribution in [-0.4, -0.2) is 67.7 Å². The maximum absolute atomic E-state index is 9.88. The lowest BCUT2D eigenvalue weighted by atomic mass is 9.93. The molecule has 0 spiro atoms. The highest BCUT2D eigenvalue weighted by molar-refractivity contribution is 7.18. The first kappa shape index (κ1) is 23.5. The highest BCUT2D eigenvalue weighted by Gasteiger charge is 2.40. The van der Waals surface area contributed by atoms with Gasteiger partial charge in [-0.3, -0.25) is 0 Å². The second-order valence-electron chi connectivity index (χ2n) is 10.0. The van der Waals surface area contributed by atoms with Gasteiger partial charge in [-0.15, -0.1) is 10.2 Å². The molecule has 3 fully saturated rings. The highest BCUT2D eigenvalue weighted by Crippen LogP contribution is 2.35. The number of ether oxygens (including phenoxy) is 1. The Hall–Kier alpha value is -3.61. The average Bonchev–Trinajstić information content (AvgIpc) is 3.75. The molecular formula is C26H28N8O3S. The number of anilines is 4. The van der Waals surface area contributed by atoms with Gasteiger partial charge in [-0.25, -0.2) is 4.98 Å². The first-order valence-electron chi connectivity index (χ1n) is 13.0. The van der Waals surface area contributed by atoms with Crippen molar-refractivity contribution in [2.24, 2.45) is 0 Å². The lowest BCUT2D eigenvalue weighted by Crippen LogP contribution is -2.37. The van der Waals surface area contributed by atoms with E-state index in [9.17, 15) is 5.11 Å². The molecule has 5 heterocycles. The molecule has 196 valence electrons. The van der Waals surface area contributed by atoms with Crippen molar-refractivity contribution >= 4 is 34.1 Å². The normalized spacial score (nSPS) is 24.6. The molecule has 12 heteroatoms. The molecule has 3 N–H and O–H groups in total. The second-order valence-corrected chi connectivity index (χ2v) is 11.0. The van der Waals surface area contributed by atoms with E-state index in [0.717, 1.165) is 61.5 Å². The van der Waals surface area contributed by atoms with Crippen LogP contribution >= 0.6 is 11.3 Å². The summed E-state index contributed by atoms with van der Waals surface area (Å²) in [5.41, 5.74) is 0.871. The molecule has 0 unspecified atom stereocenters. The Morgan fingerprint density at radius 3 is 2.66 bits per heavy atom. The van der Waals surface area contributed by atoms with Gasteiger partial charge in [0.25, 0.3) is 5.89 Å². The van der Waals surface area contributed by atoms with Crippen molar-refractivity contribution < 1.29 is 14.3 Å². The Morgan fingerprint density at radius 2 is 1.87 bits per heavy atom. The van der Waals surface area contributed by atoms with Crippen molar-refractivity contribution in [1.82, 2.24) is 25.1 Å². The zero-order chi connectivity index (χ0) is 25.5. The van der Waals surface area contributed by atoms with Crippen molar-refractivity contribution in [3.05, 3.63) is 42.6 Å². The Bertz CT molecular complexity index is 1400. The number of fused-ring (bicyclic) bond motifs is 2. The summed E-state index contributed by atoms with van der Waals surface area (Å²) in [6.45, 7) is 1.56. The van der Waals surface area contributed by atoms with Crippen molar-refractivity contribution in [2.45, 2.75) is 56.4 Å². The molecule has 7 rings (SSSR count). The molecule has 2 bridgehead atoms. The Kier molecular flexibility index (Phi) is 6.14. The lowest BCUT2D eigenvalue weighted by Gasteiger charge is -2.29. The third kappa shape index (κ3) is 4.82. The lowest BCUT2D eigenvalue weighted by molar-refractivity contribution is 0.0989. The van der Waals surface area contributed by atoms with E-state index in [1.165, 1.54) is 11.3 Å². The van der Waals surface area contributed by atoms with Crippen LogP contribution in [0.1, 0.15) is 32.1 Å². The number of hydrogen-bond donors (Lipinski definition) is 3. The van der Waals surface area contributed by atoms with Crippen LogP contribution in [0.2, 0.25) is 0 Å². The molecule has 1 aromatic carbocycles. The van der Waals surface area contributed by atoms with Gasteiger partial charge in [-0.05, 0) is 44.2 Å². The van der Waals surface area contributed by atoms with Gasteiger partial charge in [-0.1, -0.05) is 29.5 Å². The molecule has 2 atom stereocenters. The van der Waals surface area contributed by atoms with Gasteiger partial charge in [0, 0.05) is 24.2 Å². The number of thiazole rings is 1. The third-order valence-corrected chi connectivity index (χ3v) is 8.24. The van der Waals surface area contributed by atoms with Gasteiger partial charge in [-0.2, -0.15) is 9.97 Å². The van der Waals surface area contributed by atoms with E-state index < -0.39 is 0 Å². The van der Waals surface area contributed by atoms with Crippen LogP contribution in [0.15, 0.2) is 47.0 Å². The standard InChI is InChI=1S/C26H28N8O3S/c35-18-8-6-16(7-9-18)28-25-29-21(11-22(31-25)34-13-19-10-17(34)14-36-19)30-26-27-12-20(38-26)24-33-32-23(37-24)15-4-2-1-3-5-15/h1-5,11-12,16-19,35H,6-10,13-14H2,(H2,27,28,29,30,31)/t16?,17-,18?,19-/m0/s1. The molecule has 11 nitrogen and oxygen atoms in total. The van der Waals surface area contributed by atoms with Crippen molar-refractivity contribution in [1.29, 1.82) is 0 Å². The largest absolute Gasteiger partial charge is 0.415 e. The van der Waals surface area contributed by atoms with Crippen LogP contribution in [0.5, 0.6) is 0 Å². The second kappa shape index (κ2) is 9.93. The monoisotopic (exact) mass is 532 g/mol. The molecule has 3 aromatic heterocycles. The van der Waals surface area contributed by atoms with E-state index in [0.29, 0.717) is 34.7 Å². The van der Waals surface area contributed by atoms with E-state index in [4.69, 9.17) is 19.1 Å². The SMILES string of the molecule is OC1CCC(Nc2nc(Nc3ncc(-c4nnc(-c5ccccc5)o4)s3)cc(N3C[C@@H]4C[C@H]3CO4)n2)CC1. The van der Waals surface area contributed by atoms with Crippen LogP contribution in [0, 0.1) is 0 Å². The maximum Gasteiger partial charge on any atom is 0.259 e. The van der Waals surface area contributed by atoms with Crippen molar-refractivity contribution in [3.63, 3.8) is 0 Å². The van der Waals surface area contributed by atoms with E-state index >= 15 is 0 Å². The van der Waals surface area contributed by atoms with Crippen LogP contribution in [0.25, 0.3) is 22.2 Å². The van der Waals surface area contributed by atoms with E-state index in [2.05, 4.69) is 30.7 Å². The molecule has 1 aliphatic carbocycles. The van der Waals surface area contributed by atoms with Crippen LogP contribution in [0.3, 0.4) is 0 Å². The third-order valence-electron chi connectivity index (χ3n) is 7.33. The molecule has 0 radical (unpaired) electrons. The summed E-state index contributed by atoms with van der Waals surface area (Å²) in [5.74, 6) is 3.01. The minimum atomic E-state index is -0.209. The van der Waals surface area contributed by atoms with Gasteiger partial charge in [0.15, 0.2) is 5.13 Å². The van der Waals surface area contributed by atoms with Gasteiger partial charge in [0.2, 0.25) is 11.8 Å². The predicted molar refractivity (Wildman–Crippen MR) is 144 cm³/mol. The highest BCUT2D eigenvalue weighted by atomic mass is 32.1. The van der Waals surface area contributed by atoms with Crippen molar-refractivity contribution in [2.75, 3.05) is 28.7 Å². The van der Waals surface area contributed by atoms with Crippen LogP contribution in [0.4, 0.5) is 22.7 Å². The molecule has 3 aliphatic rings. The van der Waals surface area contributed by atoms with Crippen molar-refractivity contribution in [3.8, 4) is 22.2 Å². The first-order chi connectivity index (χ1) is 18.7. The zero-order valence-corrected chi connectivity index (χ0v) is 21.5. The number of aliphatic hydroxyl groups excluding tert-OH is 1. The van der Waals surface area contributed by atoms with Gasteiger partial charge < -0.3 is 29.8 Å². The minimum absolute atomic E-state index is 0.209. The number of aliphatic hydroxyl groups is 1. The smallest absolute Gasteiger partial charge is 0.259 e. The summed E-state index contributed by atoms with van der Waals surface area (Å²) >= 11 is 1.42. The minimum Gasteiger partial charge on any atom is -0.415 e. The number of nitrogens with zero attached hydrogens (tertiary/aromatic N) is 6. The number of morpholine rings is 1. The number of aromatic nitrogens is 5. The Labute approximate surface area is 223 Å². The molecule has 2 aliphatic heterocycles. The van der Waals surface area contributed by atoms with Gasteiger partial charge >= 0.3 is 0 Å². The summed E-state index contributed by atoms with van der Waals surface area (Å²) in [7, 11) is 0. The quantitative estimate of drug-likeness (QED) is 0.318. The fourth-order valence-electron chi connectivity index (χ4n) is 5.35. The molecular weight excluding hydrogens is 504 g/mol. The summed E-state index contributed by atoms with van der Waals surface area (Å²) in [5, 5.41) is 25.8. The predicted octanol–water partition coefficient (Wildman–Crippen LogP) is 4.09. The maximum atomic E-state index is 9.88. The Morgan fingerprint density at radius 1 is 1.03 bits per heavy atom. The zero-order valence-electron chi connectivity index (χ0n) is 20.7. The number of nitrogens with one attached hydrogen (secondary N) is 2. The summed E-state index contributed by atoms with van der Waals surface area (Å²) in [6, 6.07) is 12.2. The van der Waals surface area contributed by atoms with E-state index in [-0.39, 0.29) is 18.2 Å². The summed E-state index contributed by atoms with van der Waals surface area (Å²) in [4.78, 5) is 17.2. The van der Waals surface area contributed by atoms with Gasteiger partial charge in [0.1, 0.15) is 16.5 Å². The summed E-state index contributed by atoms with van der Waals surface area (Å²) in [6.07, 6.45) is 6.18. The molecule has 38 heavy (non-hydrogen) atoms. The summed E-state index contributed by atoms with van der Waals surface area (Å²) < 4.78 is 11.7. The van der Waals surface area contributed by atoms with Crippen LogP contribution < -0.4 is 15.5 Å². The number of hydrogen-bond acceptors (Lipinski definition) is 12. The fourth-order valence-corrected chi connectivity index (χ4v) is 6.10. The molecule has 2 saturated heterocycles. The molecule has 0 amide bonds. The van der Waals surface area contributed by atoms with Gasteiger partial charge in [0.05, 0.1) is 31.1 Å².